The monoisotopic (exact) mass is 502 g/mol. The van der Waals surface area contributed by atoms with E-state index in [1.165, 1.54) is 22.4 Å². The van der Waals surface area contributed by atoms with E-state index in [0.29, 0.717) is 16.7 Å². The molecule has 33 heavy (non-hydrogen) atoms. The Labute approximate surface area is 212 Å². The predicted octanol–water partition coefficient (Wildman–Crippen LogP) is 8.31. The molecule has 0 bridgehead atoms. The fourth-order valence-electron chi connectivity index (χ4n) is 3.91. The third-order valence-electron chi connectivity index (χ3n) is 6.02. The van der Waals surface area contributed by atoms with E-state index in [1.807, 2.05) is 18.2 Å². The van der Waals surface area contributed by atoms with Crippen LogP contribution in [0.15, 0.2) is 54.7 Å². The van der Waals surface area contributed by atoms with Crippen LogP contribution in [0.5, 0.6) is 5.75 Å². The van der Waals surface area contributed by atoms with Crippen molar-refractivity contribution < 1.29 is 4.74 Å². The highest BCUT2D eigenvalue weighted by Gasteiger charge is 2.18. The minimum atomic E-state index is 0. The smallest absolute Gasteiger partial charge is 0.147 e. The second-order valence-electron chi connectivity index (χ2n) is 9.27. The third-order valence-corrected chi connectivity index (χ3v) is 6.61. The van der Waals surface area contributed by atoms with Crippen molar-refractivity contribution in [2.45, 2.75) is 53.2 Å². The number of halogens is 3. The van der Waals surface area contributed by atoms with E-state index in [0.717, 1.165) is 28.9 Å². The van der Waals surface area contributed by atoms with Crippen LogP contribution in [0.1, 0.15) is 48.7 Å². The largest absolute Gasteiger partial charge is 0.487 e. The van der Waals surface area contributed by atoms with Crippen LogP contribution in [0, 0.1) is 13.8 Å². The summed E-state index contributed by atoms with van der Waals surface area (Å²) in [7, 11) is 0. The summed E-state index contributed by atoms with van der Waals surface area (Å²) >= 11 is 12.4. The van der Waals surface area contributed by atoms with Crippen LogP contribution in [0.25, 0.3) is 11.0 Å². The van der Waals surface area contributed by atoms with Gasteiger partial charge in [-0.3, -0.25) is 4.98 Å². The lowest BCUT2D eigenvalue weighted by molar-refractivity contribution is 0.308. The van der Waals surface area contributed by atoms with Gasteiger partial charge in [-0.1, -0.05) is 74.3 Å². The average molecular weight is 504 g/mol. The van der Waals surface area contributed by atoms with E-state index in [9.17, 15) is 0 Å². The first-order valence-electron chi connectivity index (χ1n) is 10.8. The van der Waals surface area contributed by atoms with Gasteiger partial charge in [0.05, 0.1) is 5.52 Å². The maximum Gasteiger partial charge on any atom is 0.147 e. The van der Waals surface area contributed by atoms with Gasteiger partial charge in [0.2, 0.25) is 0 Å². The molecule has 0 spiro atoms. The number of fused-ring (bicyclic) bond motifs is 1. The minimum Gasteiger partial charge on any atom is -0.487 e. The molecule has 0 amide bonds. The Hall–Kier alpha value is -2.20. The molecule has 0 aliphatic heterocycles. The number of pyridine rings is 1. The molecule has 2 heterocycles. The first-order valence-corrected chi connectivity index (χ1v) is 11.5. The summed E-state index contributed by atoms with van der Waals surface area (Å²) in [6.45, 7) is 12.1. The molecule has 0 saturated carbocycles. The summed E-state index contributed by atoms with van der Waals surface area (Å²) < 4.78 is 8.54. The predicted molar refractivity (Wildman–Crippen MR) is 141 cm³/mol. The van der Waals surface area contributed by atoms with E-state index in [2.05, 4.69) is 68.4 Å². The van der Waals surface area contributed by atoms with Crippen LogP contribution in [0.3, 0.4) is 0 Å². The lowest BCUT2D eigenvalue weighted by Crippen LogP contribution is -2.11. The van der Waals surface area contributed by atoms with E-state index >= 15 is 0 Å². The van der Waals surface area contributed by atoms with Crippen molar-refractivity contribution in [3.63, 3.8) is 0 Å². The summed E-state index contributed by atoms with van der Waals surface area (Å²) in [5, 5.41) is 1.21. The summed E-state index contributed by atoms with van der Waals surface area (Å²) in [6, 6.07) is 16.3. The highest BCUT2D eigenvalue weighted by atomic mass is 35.5. The number of aromatic nitrogens is 2. The molecule has 0 N–H and O–H groups in total. The molecule has 4 aromatic rings. The van der Waals surface area contributed by atoms with Gasteiger partial charge in [-0.05, 0) is 48.1 Å². The number of hydrogen-bond acceptors (Lipinski definition) is 2. The maximum absolute atomic E-state index is 6.34. The van der Waals surface area contributed by atoms with Gasteiger partial charge in [-0.25, -0.2) is 0 Å². The lowest BCUT2D eigenvalue weighted by Gasteiger charge is -2.19. The molecule has 0 fully saturated rings. The number of ether oxygens (including phenoxy) is 1. The molecule has 6 heteroatoms. The third kappa shape index (κ3) is 5.32. The molecule has 0 saturated heterocycles. The second-order valence-corrected chi connectivity index (χ2v) is 10.1. The average Bonchev–Trinajstić information content (AvgIpc) is 2.98. The van der Waals surface area contributed by atoms with Crippen molar-refractivity contribution in [3.05, 3.63) is 92.7 Å². The molecule has 174 valence electrons. The molecule has 0 aliphatic carbocycles. The van der Waals surface area contributed by atoms with Crippen molar-refractivity contribution in [1.29, 1.82) is 0 Å². The van der Waals surface area contributed by atoms with E-state index in [-0.39, 0.29) is 17.8 Å². The van der Waals surface area contributed by atoms with Gasteiger partial charge in [0.1, 0.15) is 17.9 Å². The second kappa shape index (κ2) is 9.97. The van der Waals surface area contributed by atoms with Crippen molar-refractivity contribution in [1.82, 2.24) is 9.55 Å². The first kappa shape index (κ1) is 25.4. The van der Waals surface area contributed by atoms with Crippen LogP contribution >= 0.6 is 35.6 Å². The van der Waals surface area contributed by atoms with Gasteiger partial charge < -0.3 is 9.30 Å². The Morgan fingerprint density at radius 1 is 0.970 bits per heavy atom. The highest BCUT2D eigenvalue weighted by Crippen LogP contribution is 2.33. The highest BCUT2D eigenvalue weighted by molar-refractivity contribution is 6.35. The van der Waals surface area contributed by atoms with Crippen LogP contribution in [-0.4, -0.2) is 9.55 Å². The van der Waals surface area contributed by atoms with Gasteiger partial charge in [0, 0.05) is 40.1 Å². The molecule has 0 radical (unpaired) electrons. The topological polar surface area (TPSA) is 27.1 Å². The molecular weight excluding hydrogens is 475 g/mol. The summed E-state index contributed by atoms with van der Waals surface area (Å²) in [5.41, 5.74) is 7.94. The Kier molecular flexibility index (Phi) is 7.68. The Bertz CT molecular complexity index is 1270. The summed E-state index contributed by atoms with van der Waals surface area (Å²) in [5.74, 6) is 0.795. The number of nitrogens with zero attached hydrogens (tertiary/aromatic N) is 2. The zero-order valence-corrected chi connectivity index (χ0v) is 21.9. The van der Waals surface area contributed by atoms with Crippen LogP contribution < -0.4 is 4.74 Å². The summed E-state index contributed by atoms with van der Waals surface area (Å²) in [4.78, 5) is 4.65. The zero-order valence-electron chi connectivity index (χ0n) is 19.6. The molecule has 0 atom stereocenters. The van der Waals surface area contributed by atoms with Crippen LogP contribution in [0.4, 0.5) is 0 Å². The first-order chi connectivity index (χ1) is 15.1. The van der Waals surface area contributed by atoms with Gasteiger partial charge in [0.25, 0.3) is 0 Å². The van der Waals surface area contributed by atoms with Gasteiger partial charge >= 0.3 is 0 Å². The molecular formula is C27H29Cl3N2O. The van der Waals surface area contributed by atoms with Crippen LogP contribution in [0.2, 0.25) is 10.0 Å². The van der Waals surface area contributed by atoms with Gasteiger partial charge in [-0.2, -0.15) is 0 Å². The Morgan fingerprint density at radius 2 is 1.67 bits per heavy atom. The number of benzene rings is 2. The molecule has 0 aliphatic rings. The SMILES string of the molecule is Cc1c(C)n(Cc2ccc(C(C)(C)C)cc2)c2c(OCc3ccc(Cl)cc3Cl)ccnc12.Cl. The molecule has 4 rings (SSSR count). The molecule has 3 nitrogen and oxygen atoms in total. The quantitative estimate of drug-likeness (QED) is 0.274. The van der Waals surface area contributed by atoms with Crippen molar-refractivity contribution >= 4 is 46.6 Å². The zero-order chi connectivity index (χ0) is 23.0. The number of hydrogen-bond donors (Lipinski definition) is 0. The number of aryl methyl sites for hydroxylation is 1. The molecule has 2 aromatic heterocycles. The van der Waals surface area contributed by atoms with E-state index in [4.69, 9.17) is 27.9 Å². The summed E-state index contributed by atoms with van der Waals surface area (Å²) in [6.07, 6.45) is 1.80. The van der Waals surface area contributed by atoms with Crippen LogP contribution in [-0.2, 0) is 18.6 Å². The van der Waals surface area contributed by atoms with Crippen molar-refractivity contribution in [2.24, 2.45) is 0 Å². The van der Waals surface area contributed by atoms with Gasteiger partial charge in [-0.15, -0.1) is 12.4 Å². The van der Waals surface area contributed by atoms with Gasteiger partial charge in [0.15, 0.2) is 0 Å². The maximum atomic E-state index is 6.34. The molecule has 2 aromatic carbocycles. The van der Waals surface area contributed by atoms with E-state index < -0.39 is 0 Å². The minimum absolute atomic E-state index is 0. The van der Waals surface area contributed by atoms with Crippen molar-refractivity contribution in [3.8, 4) is 5.75 Å². The fraction of sp³-hybridized carbons (Fsp3) is 0.296. The fourth-order valence-corrected chi connectivity index (χ4v) is 4.38. The van der Waals surface area contributed by atoms with Crippen molar-refractivity contribution in [2.75, 3.05) is 0 Å². The van der Waals surface area contributed by atoms with E-state index in [1.54, 1.807) is 12.3 Å². The molecule has 0 unspecified atom stereocenters. The Balaban J connectivity index is 0.00000306. The Morgan fingerprint density at radius 3 is 2.30 bits per heavy atom. The normalized spacial score (nSPS) is 11.5. The lowest BCUT2D eigenvalue weighted by atomic mass is 9.87. The standard InChI is InChI=1S/C27H28Cl2N2O.ClH/c1-17-18(2)31(15-19-6-9-21(10-7-19)27(3,4)5)26-24(12-13-30-25(17)26)32-16-20-8-11-22(28)14-23(20)29;/h6-14H,15-16H2,1-5H3;1H. The number of rotatable bonds is 5.